The minimum absolute atomic E-state index is 0.336. The predicted molar refractivity (Wildman–Crippen MR) is 69.0 cm³/mol. The number of hydrogen-bond donors (Lipinski definition) is 1. The van der Waals surface area contributed by atoms with Gasteiger partial charge in [0.05, 0.1) is 6.61 Å². The Morgan fingerprint density at radius 3 is 2.44 bits per heavy atom. The first-order valence-electron chi connectivity index (χ1n) is 6.23. The van der Waals surface area contributed by atoms with Gasteiger partial charge in [0, 0.05) is 13.0 Å². The lowest BCUT2D eigenvalue weighted by atomic mass is 10.2. The first-order chi connectivity index (χ1) is 8.67. The Morgan fingerprint density at radius 2 is 1.94 bits per heavy atom. The molecule has 1 N–H and O–H groups in total. The third-order valence-electron chi connectivity index (χ3n) is 2.62. The average molecular weight is 252 g/mol. The number of rotatable bonds is 8. The van der Waals surface area contributed by atoms with E-state index in [0.29, 0.717) is 19.6 Å². The summed E-state index contributed by atoms with van der Waals surface area (Å²) in [7, 11) is 0. The summed E-state index contributed by atoms with van der Waals surface area (Å²) in [5.74, 6) is -0.186. The molecule has 0 aliphatic carbocycles. The molecule has 1 rings (SSSR count). The van der Waals surface area contributed by atoms with Crippen LogP contribution < -0.4 is 4.74 Å². The molecule has 0 fully saturated rings. The Bertz CT molecular complexity index is 359. The van der Waals surface area contributed by atoms with Crippen LogP contribution in [0.1, 0.15) is 25.8 Å². The molecule has 0 saturated heterocycles. The van der Waals surface area contributed by atoms with Crippen LogP contribution in [0.3, 0.4) is 0 Å². The van der Waals surface area contributed by atoms with Crippen molar-refractivity contribution >= 4 is 5.97 Å². The summed E-state index contributed by atoms with van der Waals surface area (Å²) in [6.07, 6.45) is 0.551. The van der Waals surface area contributed by atoms with Crippen molar-refractivity contribution in [3.05, 3.63) is 29.8 Å². The maximum Gasteiger partial charge on any atom is 0.332 e. The van der Waals surface area contributed by atoms with Gasteiger partial charge in [0.1, 0.15) is 5.75 Å². The maximum atomic E-state index is 10.8. The molecule has 1 aromatic carbocycles. The van der Waals surface area contributed by atoms with Crippen molar-refractivity contribution in [2.24, 2.45) is 0 Å². The van der Waals surface area contributed by atoms with Crippen molar-refractivity contribution in [1.29, 1.82) is 0 Å². The smallest absolute Gasteiger partial charge is 0.332 e. The van der Waals surface area contributed by atoms with Gasteiger partial charge < -0.3 is 14.6 Å². The van der Waals surface area contributed by atoms with Gasteiger partial charge in [-0.1, -0.05) is 19.1 Å². The van der Waals surface area contributed by atoms with E-state index in [1.807, 2.05) is 24.3 Å². The molecule has 0 aromatic heterocycles. The monoisotopic (exact) mass is 252 g/mol. The molecule has 0 amide bonds. The molecule has 1 atom stereocenters. The first-order valence-corrected chi connectivity index (χ1v) is 6.23. The lowest BCUT2D eigenvalue weighted by Gasteiger charge is -2.13. The van der Waals surface area contributed by atoms with Gasteiger partial charge >= 0.3 is 5.97 Å². The number of carboxylic acid groups (broad SMARTS) is 1. The van der Waals surface area contributed by atoms with Gasteiger partial charge in [-0.3, -0.25) is 0 Å². The Balaban J connectivity index is 2.37. The molecule has 4 nitrogen and oxygen atoms in total. The van der Waals surface area contributed by atoms with Crippen molar-refractivity contribution in [3.8, 4) is 5.75 Å². The Labute approximate surface area is 108 Å². The normalized spacial score (nSPS) is 12.1. The number of benzene rings is 1. The van der Waals surface area contributed by atoms with Gasteiger partial charge in [0.2, 0.25) is 0 Å². The molecular formula is C14H20O4. The molecule has 100 valence electrons. The Hall–Kier alpha value is -1.55. The van der Waals surface area contributed by atoms with E-state index in [2.05, 4.69) is 6.92 Å². The molecule has 0 radical (unpaired) electrons. The molecule has 0 saturated carbocycles. The van der Waals surface area contributed by atoms with Crippen LogP contribution in [0.2, 0.25) is 0 Å². The molecular weight excluding hydrogens is 232 g/mol. The van der Waals surface area contributed by atoms with Crippen molar-refractivity contribution < 1.29 is 19.4 Å². The fourth-order valence-corrected chi connectivity index (χ4v) is 1.58. The van der Waals surface area contributed by atoms with E-state index in [9.17, 15) is 4.79 Å². The van der Waals surface area contributed by atoms with Gasteiger partial charge in [0.15, 0.2) is 6.10 Å². The molecule has 0 aliphatic rings. The van der Waals surface area contributed by atoms with E-state index in [4.69, 9.17) is 14.6 Å². The quantitative estimate of drug-likeness (QED) is 0.772. The van der Waals surface area contributed by atoms with Crippen LogP contribution in [0.5, 0.6) is 5.75 Å². The van der Waals surface area contributed by atoms with Gasteiger partial charge in [-0.15, -0.1) is 0 Å². The largest absolute Gasteiger partial charge is 0.493 e. The van der Waals surface area contributed by atoms with Crippen LogP contribution in [0, 0.1) is 0 Å². The zero-order valence-corrected chi connectivity index (χ0v) is 10.9. The lowest BCUT2D eigenvalue weighted by molar-refractivity contribution is -0.150. The molecule has 0 heterocycles. The van der Waals surface area contributed by atoms with Gasteiger partial charge in [0.25, 0.3) is 0 Å². The summed E-state index contributed by atoms with van der Waals surface area (Å²) in [4.78, 5) is 10.8. The summed E-state index contributed by atoms with van der Waals surface area (Å²) in [5.41, 5.74) is 1.25. The van der Waals surface area contributed by atoms with E-state index in [0.717, 1.165) is 12.2 Å². The van der Waals surface area contributed by atoms with E-state index >= 15 is 0 Å². The van der Waals surface area contributed by atoms with E-state index in [1.54, 1.807) is 6.92 Å². The third kappa shape index (κ3) is 4.75. The highest BCUT2D eigenvalue weighted by molar-refractivity contribution is 5.72. The van der Waals surface area contributed by atoms with E-state index in [1.165, 1.54) is 5.56 Å². The number of aryl methyl sites for hydroxylation is 1. The van der Waals surface area contributed by atoms with Gasteiger partial charge in [-0.25, -0.2) is 4.79 Å². The third-order valence-corrected chi connectivity index (χ3v) is 2.62. The minimum atomic E-state index is -0.943. The molecule has 1 unspecified atom stereocenters. The Kier molecular flexibility index (Phi) is 6.22. The Morgan fingerprint density at radius 1 is 1.28 bits per heavy atom. The standard InChI is InChI=1S/C14H20O4/c1-3-11-5-7-12(8-6-11)18-10-9-13(14(15)16)17-4-2/h5-8,13H,3-4,9-10H2,1-2H3,(H,15,16). The van der Waals surface area contributed by atoms with Crippen LogP contribution in [0.4, 0.5) is 0 Å². The second-order valence-electron chi connectivity index (χ2n) is 3.92. The fourth-order valence-electron chi connectivity index (χ4n) is 1.58. The molecule has 18 heavy (non-hydrogen) atoms. The predicted octanol–water partition coefficient (Wildman–Crippen LogP) is 2.51. The first kappa shape index (κ1) is 14.5. The number of carboxylic acids is 1. The van der Waals surface area contributed by atoms with Crippen LogP contribution in [0.25, 0.3) is 0 Å². The number of hydrogen-bond acceptors (Lipinski definition) is 3. The SMILES string of the molecule is CCOC(CCOc1ccc(CC)cc1)C(=O)O. The molecule has 4 heteroatoms. The van der Waals surface area contributed by atoms with Crippen molar-refractivity contribution in [2.45, 2.75) is 32.8 Å². The zero-order valence-electron chi connectivity index (χ0n) is 10.9. The van der Waals surface area contributed by atoms with Crippen molar-refractivity contribution in [1.82, 2.24) is 0 Å². The van der Waals surface area contributed by atoms with Crippen LogP contribution in [-0.2, 0) is 16.0 Å². The maximum absolute atomic E-state index is 10.8. The van der Waals surface area contributed by atoms with Gasteiger partial charge in [-0.05, 0) is 31.0 Å². The fraction of sp³-hybridized carbons (Fsp3) is 0.500. The van der Waals surface area contributed by atoms with Gasteiger partial charge in [-0.2, -0.15) is 0 Å². The van der Waals surface area contributed by atoms with Crippen LogP contribution >= 0.6 is 0 Å². The highest BCUT2D eigenvalue weighted by Gasteiger charge is 2.16. The number of ether oxygens (including phenoxy) is 2. The number of aliphatic carboxylic acids is 1. The van der Waals surface area contributed by atoms with Crippen LogP contribution in [0.15, 0.2) is 24.3 Å². The summed E-state index contributed by atoms with van der Waals surface area (Å²) in [5, 5.41) is 8.89. The summed E-state index contributed by atoms with van der Waals surface area (Å²) >= 11 is 0. The second-order valence-corrected chi connectivity index (χ2v) is 3.92. The molecule has 0 aliphatic heterocycles. The lowest BCUT2D eigenvalue weighted by Crippen LogP contribution is -2.26. The highest BCUT2D eigenvalue weighted by Crippen LogP contribution is 2.13. The van der Waals surface area contributed by atoms with Crippen molar-refractivity contribution in [3.63, 3.8) is 0 Å². The summed E-state index contributed by atoms with van der Waals surface area (Å²) in [6.45, 7) is 4.60. The molecule has 0 bridgehead atoms. The average Bonchev–Trinajstić information content (AvgIpc) is 2.38. The molecule has 1 aromatic rings. The highest BCUT2D eigenvalue weighted by atomic mass is 16.5. The van der Waals surface area contributed by atoms with E-state index < -0.39 is 12.1 Å². The number of carbonyl (C=O) groups is 1. The molecule has 0 spiro atoms. The zero-order chi connectivity index (χ0) is 13.4. The summed E-state index contributed by atoms with van der Waals surface area (Å²) in [6, 6.07) is 7.81. The van der Waals surface area contributed by atoms with Crippen LogP contribution in [-0.4, -0.2) is 30.4 Å². The second kappa shape index (κ2) is 7.71. The van der Waals surface area contributed by atoms with Crippen molar-refractivity contribution in [2.75, 3.05) is 13.2 Å². The minimum Gasteiger partial charge on any atom is -0.493 e. The topological polar surface area (TPSA) is 55.8 Å². The van der Waals surface area contributed by atoms with E-state index in [-0.39, 0.29) is 0 Å². The summed E-state index contributed by atoms with van der Waals surface area (Å²) < 4.78 is 10.6.